The summed E-state index contributed by atoms with van der Waals surface area (Å²) in [5.74, 6) is -0.846. The highest BCUT2D eigenvalue weighted by atomic mass is 79.9. The first-order valence-corrected chi connectivity index (χ1v) is 9.14. The molecule has 0 atom stereocenters. The quantitative estimate of drug-likeness (QED) is 0.298. The number of aromatic nitrogens is 5. The molecule has 0 bridgehead atoms. The van der Waals surface area contributed by atoms with Crippen molar-refractivity contribution in [2.75, 3.05) is 5.43 Å². The van der Waals surface area contributed by atoms with Crippen LogP contribution in [0.5, 0.6) is 0 Å². The van der Waals surface area contributed by atoms with Gasteiger partial charge in [0.15, 0.2) is 11.6 Å². The molecule has 15 heteroatoms. The average molecular weight is 522 g/mol. The van der Waals surface area contributed by atoms with Crippen molar-refractivity contribution >= 4 is 32.3 Å². The molecule has 8 nitrogen and oxygen atoms in total. The van der Waals surface area contributed by atoms with E-state index in [0.29, 0.717) is 12.1 Å². The molecule has 0 spiro atoms. The Hall–Kier alpha value is -3.49. The minimum Gasteiger partial charge on any atom is -0.280 e. The number of nitrogens with one attached hydrogen (secondary N) is 2. The van der Waals surface area contributed by atoms with Gasteiger partial charge in [-0.1, -0.05) is 0 Å². The molecule has 2 aromatic heterocycles. The summed E-state index contributed by atoms with van der Waals surface area (Å²) < 4.78 is 79.2. The number of hydrogen-bond acceptors (Lipinski definition) is 6. The largest absolute Gasteiger partial charge is 0.416 e. The third-order valence-corrected chi connectivity index (χ3v) is 4.28. The van der Waals surface area contributed by atoms with E-state index in [0.717, 1.165) is 17.1 Å². The summed E-state index contributed by atoms with van der Waals surface area (Å²) in [6.45, 7) is 0. The maximum absolute atomic E-state index is 13.0. The van der Waals surface area contributed by atoms with E-state index < -0.39 is 40.8 Å². The zero-order valence-corrected chi connectivity index (χ0v) is 17.0. The Kier molecular flexibility index (Phi) is 6.47. The van der Waals surface area contributed by atoms with Gasteiger partial charge in [-0.2, -0.15) is 26.3 Å². The first kappa shape index (κ1) is 23.2. The zero-order chi connectivity index (χ0) is 23.5. The van der Waals surface area contributed by atoms with E-state index >= 15 is 0 Å². The van der Waals surface area contributed by atoms with Gasteiger partial charge in [-0.15, -0.1) is 5.10 Å². The molecule has 0 aliphatic carbocycles. The van der Waals surface area contributed by atoms with Crippen molar-refractivity contribution in [3.63, 3.8) is 0 Å². The molecule has 0 saturated carbocycles. The van der Waals surface area contributed by atoms with Crippen LogP contribution in [0.1, 0.15) is 11.1 Å². The lowest BCUT2D eigenvalue weighted by molar-refractivity contribution is -0.143. The second-order valence-corrected chi connectivity index (χ2v) is 6.79. The number of alkyl halides is 6. The molecular formula is C17H10BrF6N7O. The van der Waals surface area contributed by atoms with E-state index in [-0.39, 0.29) is 16.5 Å². The number of nitrogens with zero attached hydrogens (tertiary/aromatic N) is 5. The van der Waals surface area contributed by atoms with Crippen molar-refractivity contribution in [1.29, 1.82) is 0 Å². The number of halogens is 7. The number of amides is 1. The smallest absolute Gasteiger partial charge is 0.280 e. The van der Waals surface area contributed by atoms with E-state index in [1.165, 1.54) is 18.6 Å². The second kappa shape index (κ2) is 8.94. The fourth-order valence-corrected chi connectivity index (χ4v) is 2.66. The van der Waals surface area contributed by atoms with E-state index in [9.17, 15) is 31.1 Å². The number of hydrogen-bond donors (Lipinski definition) is 2. The van der Waals surface area contributed by atoms with Gasteiger partial charge in [0.2, 0.25) is 0 Å². The van der Waals surface area contributed by atoms with Gasteiger partial charge >= 0.3 is 12.4 Å². The van der Waals surface area contributed by atoms with E-state index in [2.05, 4.69) is 46.8 Å². The minimum absolute atomic E-state index is 0.00211. The van der Waals surface area contributed by atoms with Crippen molar-refractivity contribution in [3.8, 4) is 11.4 Å². The minimum atomic E-state index is -5.01. The van der Waals surface area contributed by atoms with Gasteiger partial charge in [-0.3, -0.25) is 20.6 Å². The summed E-state index contributed by atoms with van der Waals surface area (Å²) in [5, 5.41) is 3.83. The fraction of sp³-hybridized carbons (Fsp3) is 0.118. The number of hydrazine groups is 1. The molecule has 1 amide bonds. The van der Waals surface area contributed by atoms with Crippen LogP contribution in [-0.2, 0) is 17.1 Å². The Labute approximate surface area is 183 Å². The Balaban J connectivity index is 1.83. The SMILES string of the molecule is O=C(C=C(Br)n1cnc(-c2cc(C(F)(F)F)cc(C(F)(F)F)c2)n1)NNc1cnccn1. The van der Waals surface area contributed by atoms with Crippen LogP contribution in [0.15, 0.2) is 49.2 Å². The number of benzene rings is 1. The molecule has 0 aliphatic heterocycles. The average Bonchev–Trinajstić information content (AvgIpc) is 3.22. The van der Waals surface area contributed by atoms with Gasteiger partial charge in [0.1, 0.15) is 10.9 Å². The Morgan fingerprint density at radius 1 is 1.00 bits per heavy atom. The lowest BCUT2D eigenvalue weighted by Gasteiger charge is -2.13. The Morgan fingerprint density at radius 3 is 2.22 bits per heavy atom. The molecule has 0 aliphatic rings. The normalized spacial score (nSPS) is 12.5. The van der Waals surface area contributed by atoms with Crippen LogP contribution >= 0.6 is 15.9 Å². The number of rotatable bonds is 5. The highest BCUT2D eigenvalue weighted by molar-refractivity contribution is 9.14. The number of anilines is 1. The lowest BCUT2D eigenvalue weighted by Crippen LogP contribution is -2.28. The molecule has 2 N–H and O–H groups in total. The van der Waals surface area contributed by atoms with Crippen LogP contribution < -0.4 is 10.9 Å². The predicted molar refractivity (Wildman–Crippen MR) is 102 cm³/mol. The highest BCUT2D eigenvalue weighted by Gasteiger charge is 2.37. The summed E-state index contributed by atoms with van der Waals surface area (Å²) in [4.78, 5) is 23.3. The van der Waals surface area contributed by atoms with Crippen LogP contribution in [0.4, 0.5) is 32.2 Å². The second-order valence-electron chi connectivity index (χ2n) is 5.98. The standard InChI is InChI=1S/C17H10BrF6N7O/c18-12(6-14(32)29-28-13-7-25-1-2-26-13)31-8-27-15(30-31)9-3-10(16(19,20)21)5-11(4-9)17(22,23)24/h1-8H,(H,26,28)(H,29,32). The van der Waals surface area contributed by atoms with Crippen LogP contribution in [0.2, 0.25) is 0 Å². The summed E-state index contributed by atoms with van der Waals surface area (Å²) >= 11 is 3.04. The third-order valence-electron chi connectivity index (χ3n) is 3.68. The van der Waals surface area contributed by atoms with Crippen molar-refractivity contribution in [1.82, 2.24) is 30.2 Å². The van der Waals surface area contributed by atoms with Crippen LogP contribution in [0.25, 0.3) is 16.0 Å². The molecule has 168 valence electrons. The lowest BCUT2D eigenvalue weighted by atomic mass is 10.0. The molecule has 3 rings (SSSR count). The summed E-state index contributed by atoms with van der Waals surface area (Å²) in [6.07, 6.45) is -3.86. The highest BCUT2D eigenvalue weighted by Crippen LogP contribution is 2.38. The van der Waals surface area contributed by atoms with Crippen LogP contribution in [0, 0.1) is 0 Å². The molecule has 0 saturated heterocycles. The molecule has 32 heavy (non-hydrogen) atoms. The molecule has 3 aromatic rings. The summed E-state index contributed by atoms with van der Waals surface area (Å²) in [6, 6.07) is 1.01. The van der Waals surface area contributed by atoms with Gasteiger partial charge in [0.25, 0.3) is 5.91 Å². The fourth-order valence-electron chi connectivity index (χ4n) is 2.28. The molecule has 0 radical (unpaired) electrons. The van der Waals surface area contributed by atoms with Gasteiger partial charge in [0.05, 0.1) is 17.3 Å². The van der Waals surface area contributed by atoms with Crippen molar-refractivity contribution in [2.24, 2.45) is 0 Å². The van der Waals surface area contributed by atoms with E-state index in [4.69, 9.17) is 0 Å². The Bertz CT molecular complexity index is 1110. The molecule has 2 heterocycles. The predicted octanol–water partition coefficient (Wildman–Crippen LogP) is 4.11. The first-order valence-electron chi connectivity index (χ1n) is 8.34. The van der Waals surface area contributed by atoms with Crippen LogP contribution in [0.3, 0.4) is 0 Å². The van der Waals surface area contributed by atoms with Gasteiger partial charge in [0, 0.05) is 24.0 Å². The van der Waals surface area contributed by atoms with Gasteiger partial charge in [-0.05, 0) is 34.1 Å². The third kappa shape index (κ3) is 5.81. The summed E-state index contributed by atoms with van der Waals surface area (Å²) in [5.41, 5.74) is 1.26. The van der Waals surface area contributed by atoms with Crippen LogP contribution in [-0.4, -0.2) is 30.6 Å². The van der Waals surface area contributed by atoms with E-state index in [1.807, 2.05) is 0 Å². The molecule has 1 aromatic carbocycles. The van der Waals surface area contributed by atoms with E-state index in [1.54, 1.807) is 0 Å². The summed E-state index contributed by atoms with van der Waals surface area (Å²) in [7, 11) is 0. The molecular weight excluding hydrogens is 512 g/mol. The Morgan fingerprint density at radius 2 is 1.66 bits per heavy atom. The number of carbonyl (C=O) groups excluding carboxylic acids is 1. The van der Waals surface area contributed by atoms with Crippen molar-refractivity contribution < 1.29 is 31.1 Å². The zero-order valence-electron chi connectivity index (χ0n) is 15.4. The number of carbonyl (C=O) groups is 1. The van der Waals surface area contributed by atoms with Crippen molar-refractivity contribution in [3.05, 3.63) is 60.3 Å². The molecule has 0 unspecified atom stereocenters. The monoisotopic (exact) mass is 521 g/mol. The topological polar surface area (TPSA) is 97.6 Å². The van der Waals surface area contributed by atoms with Crippen molar-refractivity contribution in [2.45, 2.75) is 12.4 Å². The molecule has 0 fully saturated rings. The van der Waals surface area contributed by atoms with Gasteiger partial charge in [-0.25, -0.2) is 14.6 Å². The maximum atomic E-state index is 13.0. The first-order chi connectivity index (χ1) is 14.9. The maximum Gasteiger partial charge on any atom is 0.416 e. The van der Waals surface area contributed by atoms with Gasteiger partial charge < -0.3 is 0 Å².